The highest BCUT2D eigenvalue weighted by Crippen LogP contribution is 2.30. The molecule has 2 aromatic rings. The lowest BCUT2D eigenvalue weighted by molar-refractivity contribution is 0.0830. The average molecular weight is 230 g/mol. The van der Waals surface area contributed by atoms with Crippen LogP contribution >= 0.6 is 0 Å². The van der Waals surface area contributed by atoms with Gasteiger partial charge >= 0.3 is 0 Å². The maximum Gasteiger partial charge on any atom is 0.203 e. The molecule has 1 heterocycles. The van der Waals surface area contributed by atoms with Crippen molar-refractivity contribution in [3.63, 3.8) is 0 Å². The van der Waals surface area contributed by atoms with Crippen LogP contribution in [0.3, 0.4) is 0 Å². The molecule has 0 aliphatic carbocycles. The Morgan fingerprint density at radius 2 is 1.82 bits per heavy atom. The van der Waals surface area contributed by atoms with Crippen molar-refractivity contribution in [3.05, 3.63) is 35.1 Å². The van der Waals surface area contributed by atoms with Crippen LogP contribution in [0.2, 0.25) is 0 Å². The molecule has 0 saturated heterocycles. The van der Waals surface area contributed by atoms with Gasteiger partial charge in [0.05, 0.1) is 0 Å². The Labute approximate surface area is 102 Å². The third-order valence-electron chi connectivity index (χ3n) is 2.98. The highest BCUT2D eigenvalue weighted by atomic mass is 16.3. The molecular formula is C15H18O2. The number of hydrogen-bond donors (Lipinski definition) is 0. The minimum atomic E-state index is -0.409. The van der Waals surface area contributed by atoms with Crippen LogP contribution in [0.15, 0.2) is 22.6 Å². The molecule has 90 valence electrons. The quantitative estimate of drug-likeness (QED) is 0.684. The van der Waals surface area contributed by atoms with E-state index in [4.69, 9.17) is 4.42 Å². The highest BCUT2D eigenvalue weighted by Gasteiger charge is 2.28. The molecule has 2 heteroatoms. The number of benzene rings is 1. The standard InChI is InChI=1S/C15H18O2/c1-9-6-7-12-11(8-9)10(2)13(17-12)14(16)15(3,4)5/h6-8H,1-5H3. The van der Waals surface area contributed by atoms with E-state index in [9.17, 15) is 4.79 Å². The molecule has 0 radical (unpaired) electrons. The van der Waals surface area contributed by atoms with Crippen molar-refractivity contribution >= 4 is 16.8 Å². The molecule has 2 nitrogen and oxygen atoms in total. The van der Waals surface area contributed by atoms with E-state index in [1.165, 1.54) is 5.56 Å². The Hall–Kier alpha value is -1.57. The van der Waals surface area contributed by atoms with Crippen molar-refractivity contribution in [2.45, 2.75) is 34.6 Å². The normalized spacial score (nSPS) is 12.1. The second-order valence-electron chi connectivity index (χ2n) is 5.63. The van der Waals surface area contributed by atoms with Gasteiger partial charge in [-0.25, -0.2) is 0 Å². The van der Waals surface area contributed by atoms with Crippen LogP contribution in [0.1, 0.15) is 42.5 Å². The van der Waals surface area contributed by atoms with E-state index >= 15 is 0 Å². The SMILES string of the molecule is Cc1ccc2oc(C(=O)C(C)(C)C)c(C)c2c1. The Balaban J connectivity index is 2.65. The van der Waals surface area contributed by atoms with Crippen molar-refractivity contribution in [3.8, 4) is 0 Å². The first-order valence-corrected chi connectivity index (χ1v) is 5.85. The fourth-order valence-electron chi connectivity index (χ4n) is 1.89. The molecule has 0 aliphatic heterocycles. The predicted molar refractivity (Wildman–Crippen MR) is 69.5 cm³/mol. The van der Waals surface area contributed by atoms with Crippen LogP contribution in [0.4, 0.5) is 0 Å². The van der Waals surface area contributed by atoms with Crippen molar-refractivity contribution in [2.75, 3.05) is 0 Å². The number of Topliss-reactive ketones (excluding diaryl/α,β-unsaturated/α-hetero) is 1. The van der Waals surface area contributed by atoms with E-state index in [1.54, 1.807) is 0 Å². The molecule has 0 amide bonds. The summed E-state index contributed by atoms with van der Waals surface area (Å²) >= 11 is 0. The summed E-state index contributed by atoms with van der Waals surface area (Å²) in [7, 11) is 0. The summed E-state index contributed by atoms with van der Waals surface area (Å²) in [5, 5.41) is 1.04. The minimum Gasteiger partial charge on any atom is -0.453 e. The molecule has 0 N–H and O–H groups in total. The largest absolute Gasteiger partial charge is 0.453 e. The van der Waals surface area contributed by atoms with Gasteiger partial charge in [-0.05, 0) is 26.0 Å². The first kappa shape index (κ1) is 11.9. The van der Waals surface area contributed by atoms with Crippen molar-refractivity contribution < 1.29 is 9.21 Å². The number of fused-ring (bicyclic) bond motifs is 1. The Morgan fingerprint density at radius 3 is 2.41 bits per heavy atom. The lowest BCUT2D eigenvalue weighted by Gasteiger charge is -2.14. The maximum absolute atomic E-state index is 12.2. The molecule has 0 spiro atoms. The fourth-order valence-corrected chi connectivity index (χ4v) is 1.89. The van der Waals surface area contributed by atoms with Gasteiger partial charge in [0.25, 0.3) is 0 Å². The number of carbonyl (C=O) groups is 1. The molecule has 0 unspecified atom stereocenters. The molecule has 0 aliphatic rings. The summed E-state index contributed by atoms with van der Waals surface area (Å²) < 4.78 is 5.69. The summed E-state index contributed by atoms with van der Waals surface area (Å²) in [6.45, 7) is 9.72. The second-order valence-corrected chi connectivity index (χ2v) is 5.63. The molecule has 1 aromatic carbocycles. The first-order valence-electron chi connectivity index (χ1n) is 5.85. The van der Waals surface area contributed by atoms with E-state index < -0.39 is 5.41 Å². The van der Waals surface area contributed by atoms with Crippen LogP contribution < -0.4 is 0 Å². The number of furan rings is 1. The van der Waals surface area contributed by atoms with Gasteiger partial charge in [-0.3, -0.25) is 4.79 Å². The molecular weight excluding hydrogens is 212 g/mol. The van der Waals surface area contributed by atoms with Crippen molar-refractivity contribution in [1.29, 1.82) is 0 Å². The monoisotopic (exact) mass is 230 g/mol. The Bertz CT molecular complexity index is 583. The lowest BCUT2D eigenvalue weighted by Crippen LogP contribution is -2.20. The molecule has 1 aromatic heterocycles. The summed E-state index contributed by atoms with van der Waals surface area (Å²) in [6, 6.07) is 5.99. The Kier molecular flexibility index (Phi) is 2.61. The lowest BCUT2D eigenvalue weighted by atomic mass is 9.88. The van der Waals surface area contributed by atoms with E-state index in [1.807, 2.05) is 46.8 Å². The van der Waals surface area contributed by atoms with Gasteiger partial charge in [-0.15, -0.1) is 0 Å². The fraction of sp³-hybridized carbons (Fsp3) is 0.400. The van der Waals surface area contributed by atoms with Gasteiger partial charge in [-0.2, -0.15) is 0 Å². The topological polar surface area (TPSA) is 30.2 Å². The van der Waals surface area contributed by atoms with Crippen LogP contribution in [-0.4, -0.2) is 5.78 Å². The van der Waals surface area contributed by atoms with Crippen LogP contribution in [0.25, 0.3) is 11.0 Å². The summed E-state index contributed by atoms with van der Waals surface area (Å²) in [5.74, 6) is 0.557. The third-order valence-corrected chi connectivity index (χ3v) is 2.98. The summed E-state index contributed by atoms with van der Waals surface area (Å²) in [4.78, 5) is 12.2. The van der Waals surface area contributed by atoms with Gasteiger partial charge in [0.2, 0.25) is 5.78 Å². The molecule has 0 bridgehead atoms. The number of carbonyl (C=O) groups excluding carboxylic acids is 1. The van der Waals surface area contributed by atoms with E-state index in [2.05, 4.69) is 6.07 Å². The molecule has 0 fully saturated rings. The zero-order valence-corrected chi connectivity index (χ0v) is 11.0. The van der Waals surface area contributed by atoms with Gasteiger partial charge < -0.3 is 4.42 Å². The Morgan fingerprint density at radius 1 is 1.18 bits per heavy atom. The third kappa shape index (κ3) is 1.99. The maximum atomic E-state index is 12.2. The smallest absolute Gasteiger partial charge is 0.203 e. The number of ketones is 1. The van der Waals surface area contributed by atoms with Crippen LogP contribution in [0, 0.1) is 19.3 Å². The summed E-state index contributed by atoms with van der Waals surface area (Å²) in [5.41, 5.74) is 2.51. The number of rotatable bonds is 1. The average Bonchev–Trinajstić information content (AvgIpc) is 2.54. The number of hydrogen-bond acceptors (Lipinski definition) is 2. The summed E-state index contributed by atoms with van der Waals surface area (Å²) in [6.07, 6.45) is 0. The predicted octanol–water partition coefficient (Wildman–Crippen LogP) is 4.28. The van der Waals surface area contributed by atoms with Gasteiger partial charge in [-0.1, -0.05) is 32.4 Å². The van der Waals surface area contributed by atoms with Gasteiger partial charge in [0, 0.05) is 16.4 Å². The minimum absolute atomic E-state index is 0.0591. The molecule has 0 atom stereocenters. The van der Waals surface area contributed by atoms with E-state index in [-0.39, 0.29) is 5.78 Å². The van der Waals surface area contributed by atoms with Crippen molar-refractivity contribution in [1.82, 2.24) is 0 Å². The first-order chi connectivity index (χ1) is 7.80. The molecule has 2 rings (SSSR count). The van der Waals surface area contributed by atoms with Crippen molar-refractivity contribution in [2.24, 2.45) is 5.41 Å². The molecule has 0 saturated carbocycles. The highest BCUT2D eigenvalue weighted by molar-refractivity contribution is 6.03. The molecule has 17 heavy (non-hydrogen) atoms. The van der Waals surface area contributed by atoms with E-state index in [0.717, 1.165) is 16.5 Å². The van der Waals surface area contributed by atoms with Crippen LogP contribution in [-0.2, 0) is 0 Å². The zero-order chi connectivity index (χ0) is 12.8. The van der Waals surface area contributed by atoms with Gasteiger partial charge in [0.15, 0.2) is 5.76 Å². The zero-order valence-electron chi connectivity index (χ0n) is 11.0. The number of aryl methyl sites for hydroxylation is 2. The van der Waals surface area contributed by atoms with Crippen LogP contribution in [0.5, 0.6) is 0 Å². The second kappa shape index (κ2) is 3.73. The van der Waals surface area contributed by atoms with Gasteiger partial charge in [0.1, 0.15) is 5.58 Å². The van der Waals surface area contributed by atoms with E-state index in [0.29, 0.717) is 5.76 Å².